The van der Waals surface area contributed by atoms with E-state index in [9.17, 15) is 4.79 Å². The number of fused-ring (bicyclic) bond motifs is 1. The molecule has 0 unspecified atom stereocenters. The van der Waals surface area contributed by atoms with Gasteiger partial charge in [-0.15, -0.1) is 0 Å². The van der Waals surface area contributed by atoms with Crippen LogP contribution in [0.1, 0.15) is 24.2 Å². The molecule has 0 radical (unpaired) electrons. The lowest BCUT2D eigenvalue weighted by Crippen LogP contribution is -2.21. The molecule has 2 aromatic rings. The standard InChI is InChI=1S/C11H13N3O3/c1-3-14(4-2)11-13-9-8(17-11)7(10(15)16)5-6-12-9/h5-6H,3-4H2,1-2H3,(H,15,16). The molecule has 1 N–H and O–H groups in total. The Morgan fingerprint density at radius 3 is 2.76 bits per heavy atom. The Hall–Kier alpha value is -2.11. The van der Waals surface area contributed by atoms with Gasteiger partial charge in [0.15, 0.2) is 5.58 Å². The Kier molecular flexibility index (Phi) is 2.95. The van der Waals surface area contributed by atoms with E-state index in [0.29, 0.717) is 11.7 Å². The zero-order chi connectivity index (χ0) is 12.4. The molecular weight excluding hydrogens is 222 g/mol. The molecule has 0 aliphatic rings. The monoisotopic (exact) mass is 235 g/mol. The van der Waals surface area contributed by atoms with Crippen molar-refractivity contribution in [1.82, 2.24) is 9.97 Å². The highest BCUT2D eigenvalue weighted by atomic mass is 16.4. The largest absolute Gasteiger partial charge is 0.478 e. The van der Waals surface area contributed by atoms with Gasteiger partial charge >= 0.3 is 5.97 Å². The van der Waals surface area contributed by atoms with E-state index in [1.54, 1.807) is 0 Å². The number of aromatic nitrogens is 2. The van der Waals surface area contributed by atoms with Crippen molar-refractivity contribution in [2.45, 2.75) is 13.8 Å². The van der Waals surface area contributed by atoms with E-state index in [1.807, 2.05) is 18.7 Å². The molecule has 0 saturated heterocycles. The van der Waals surface area contributed by atoms with Crippen LogP contribution in [0.5, 0.6) is 0 Å². The molecule has 0 saturated carbocycles. The summed E-state index contributed by atoms with van der Waals surface area (Å²) in [6.07, 6.45) is 1.42. The summed E-state index contributed by atoms with van der Waals surface area (Å²) in [7, 11) is 0. The summed E-state index contributed by atoms with van der Waals surface area (Å²) in [4.78, 5) is 21.1. The van der Waals surface area contributed by atoms with Crippen molar-refractivity contribution in [3.05, 3.63) is 17.8 Å². The predicted octanol–water partition coefficient (Wildman–Crippen LogP) is 1.77. The quantitative estimate of drug-likeness (QED) is 0.869. The zero-order valence-corrected chi connectivity index (χ0v) is 9.67. The Bertz CT molecular complexity index is 546. The first kappa shape index (κ1) is 11.4. The number of aromatic carboxylic acids is 1. The highest BCUT2D eigenvalue weighted by molar-refractivity contribution is 5.99. The lowest BCUT2D eigenvalue weighted by Gasteiger charge is -2.14. The first-order valence-electron chi connectivity index (χ1n) is 5.41. The van der Waals surface area contributed by atoms with Crippen LogP contribution in [-0.2, 0) is 0 Å². The Balaban J connectivity index is 2.57. The average Bonchev–Trinajstić information content (AvgIpc) is 2.73. The second-order valence-corrected chi connectivity index (χ2v) is 3.49. The summed E-state index contributed by atoms with van der Waals surface area (Å²) in [6, 6.07) is 1.81. The number of hydrogen-bond acceptors (Lipinski definition) is 5. The van der Waals surface area contributed by atoms with Gasteiger partial charge in [-0.1, -0.05) is 0 Å². The van der Waals surface area contributed by atoms with Gasteiger partial charge in [-0.2, -0.15) is 4.98 Å². The highest BCUT2D eigenvalue weighted by Crippen LogP contribution is 2.23. The predicted molar refractivity (Wildman–Crippen MR) is 62.3 cm³/mol. The number of carbonyl (C=O) groups is 1. The smallest absolute Gasteiger partial charge is 0.339 e. The molecule has 0 bridgehead atoms. The maximum absolute atomic E-state index is 11.0. The van der Waals surface area contributed by atoms with E-state index >= 15 is 0 Å². The van der Waals surface area contributed by atoms with Crippen molar-refractivity contribution < 1.29 is 14.3 Å². The van der Waals surface area contributed by atoms with Crippen LogP contribution in [0.15, 0.2) is 16.7 Å². The number of oxazole rings is 1. The first-order valence-corrected chi connectivity index (χ1v) is 5.41. The number of anilines is 1. The molecule has 0 aliphatic carbocycles. The van der Waals surface area contributed by atoms with Crippen LogP contribution < -0.4 is 4.90 Å². The number of carboxylic acids is 1. The Labute approximate surface area is 97.9 Å². The molecule has 0 aliphatic heterocycles. The van der Waals surface area contributed by atoms with Crippen LogP contribution >= 0.6 is 0 Å². The zero-order valence-electron chi connectivity index (χ0n) is 9.67. The number of rotatable bonds is 4. The number of carboxylic acid groups (broad SMARTS) is 1. The molecule has 17 heavy (non-hydrogen) atoms. The van der Waals surface area contributed by atoms with Gasteiger partial charge in [-0.25, -0.2) is 9.78 Å². The molecule has 90 valence electrons. The minimum absolute atomic E-state index is 0.0842. The molecule has 2 heterocycles. The normalized spacial score (nSPS) is 10.7. The minimum Gasteiger partial charge on any atom is -0.478 e. The van der Waals surface area contributed by atoms with Crippen LogP contribution in [0, 0.1) is 0 Å². The molecule has 2 aromatic heterocycles. The Morgan fingerprint density at radius 1 is 1.47 bits per heavy atom. The second kappa shape index (κ2) is 4.40. The molecule has 2 rings (SSSR count). The van der Waals surface area contributed by atoms with E-state index in [1.165, 1.54) is 12.3 Å². The second-order valence-electron chi connectivity index (χ2n) is 3.49. The van der Waals surface area contributed by atoms with Crippen molar-refractivity contribution in [2.24, 2.45) is 0 Å². The van der Waals surface area contributed by atoms with Gasteiger partial charge in [0.05, 0.1) is 0 Å². The lowest BCUT2D eigenvalue weighted by atomic mass is 10.2. The fourth-order valence-corrected chi connectivity index (χ4v) is 1.62. The molecule has 0 aromatic carbocycles. The summed E-state index contributed by atoms with van der Waals surface area (Å²) in [5.41, 5.74) is 0.634. The summed E-state index contributed by atoms with van der Waals surface area (Å²) < 4.78 is 5.48. The third kappa shape index (κ3) is 1.93. The Morgan fingerprint density at radius 2 is 2.18 bits per heavy atom. The maximum atomic E-state index is 11.0. The average molecular weight is 235 g/mol. The molecule has 6 nitrogen and oxygen atoms in total. The van der Waals surface area contributed by atoms with Gasteiger partial charge in [0.2, 0.25) is 5.65 Å². The minimum atomic E-state index is -1.04. The topological polar surface area (TPSA) is 79.5 Å². The van der Waals surface area contributed by atoms with E-state index in [4.69, 9.17) is 9.52 Å². The van der Waals surface area contributed by atoms with Gasteiger partial charge in [-0.05, 0) is 19.9 Å². The van der Waals surface area contributed by atoms with Crippen LogP contribution in [0.4, 0.5) is 6.01 Å². The van der Waals surface area contributed by atoms with Crippen LogP contribution in [-0.4, -0.2) is 34.1 Å². The number of pyridine rings is 1. The van der Waals surface area contributed by atoms with E-state index in [-0.39, 0.29) is 11.1 Å². The fraction of sp³-hybridized carbons (Fsp3) is 0.364. The maximum Gasteiger partial charge on any atom is 0.339 e. The van der Waals surface area contributed by atoms with Crippen LogP contribution in [0.2, 0.25) is 0 Å². The van der Waals surface area contributed by atoms with Crippen LogP contribution in [0.25, 0.3) is 11.2 Å². The van der Waals surface area contributed by atoms with Gasteiger partial charge in [0.25, 0.3) is 6.01 Å². The van der Waals surface area contributed by atoms with E-state index < -0.39 is 5.97 Å². The summed E-state index contributed by atoms with van der Waals surface area (Å²) in [5.74, 6) is -1.04. The van der Waals surface area contributed by atoms with Crippen molar-refractivity contribution in [2.75, 3.05) is 18.0 Å². The van der Waals surface area contributed by atoms with Gasteiger partial charge in [-0.3, -0.25) is 0 Å². The van der Waals surface area contributed by atoms with Crippen molar-refractivity contribution in [3.8, 4) is 0 Å². The summed E-state index contributed by atoms with van der Waals surface area (Å²) in [6.45, 7) is 5.44. The highest BCUT2D eigenvalue weighted by Gasteiger charge is 2.17. The van der Waals surface area contributed by atoms with Crippen molar-refractivity contribution >= 4 is 23.2 Å². The molecular formula is C11H13N3O3. The van der Waals surface area contributed by atoms with Crippen molar-refractivity contribution in [1.29, 1.82) is 0 Å². The van der Waals surface area contributed by atoms with E-state index in [2.05, 4.69) is 9.97 Å². The first-order chi connectivity index (χ1) is 8.17. The summed E-state index contributed by atoms with van der Waals surface area (Å²) >= 11 is 0. The van der Waals surface area contributed by atoms with Gasteiger partial charge < -0.3 is 14.4 Å². The molecule has 0 fully saturated rings. The van der Waals surface area contributed by atoms with E-state index in [0.717, 1.165) is 13.1 Å². The fourth-order valence-electron chi connectivity index (χ4n) is 1.62. The molecule has 6 heteroatoms. The SMILES string of the molecule is CCN(CC)c1nc2nccc(C(=O)O)c2o1. The van der Waals surface area contributed by atoms with Crippen LogP contribution in [0.3, 0.4) is 0 Å². The third-order valence-corrected chi connectivity index (χ3v) is 2.55. The number of hydrogen-bond donors (Lipinski definition) is 1. The molecule has 0 atom stereocenters. The summed E-state index contributed by atoms with van der Waals surface area (Å²) in [5, 5.41) is 9.02. The van der Waals surface area contributed by atoms with Gasteiger partial charge in [0.1, 0.15) is 5.56 Å². The van der Waals surface area contributed by atoms with Gasteiger partial charge in [0, 0.05) is 19.3 Å². The lowest BCUT2D eigenvalue weighted by molar-refractivity contribution is 0.0698. The van der Waals surface area contributed by atoms with Crippen molar-refractivity contribution in [3.63, 3.8) is 0 Å². The number of nitrogens with zero attached hydrogens (tertiary/aromatic N) is 3. The third-order valence-electron chi connectivity index (χ3n) is 2.55. The molecule has 0 amide bonds. The molecule has 0 spiro atoms.